The van der Waals surface area contributed by atoms with Gasteiger partial charge in [0, 0.05) is 25.6 Å². The second kappa shape index (κ2) is 2.86. The molecule has 60 valence electrons. The van der Waals surface area contributed by atoms with Crippen LogP contribution in [-0.4, -0.2) is 30.3 Å². The molecule has 1 atom stereocenters. The van der Waals surface area contributed by atoms with Crippen LogP contribution in [0.1, 0.15) is 13.3 Å². The standard InChI is InChI=1S/C7H16N2O/c1-2-7(10,5-8)6-3-9-4-6/h6,9-10H,2-5,8H2,1H3. The van der Waals surface area contributed by atoms with E-state index in [1.54, 1.807) is 0 Å². The van der Waals surface area contributed by atoms with Crippen LogP contribution in [0.15, 0.2) is 0 Å². The predicted octanol–water partition coefficient (Wildman–Crippen LogP) is -0.694. The number of hydrogen-bond donors (Lipinski definition) is 3. The Bertz CT molecular complexity index is 108. The van der Waals surface area contributed by atoms with E-state index in [9.17, 15) is 5.11 Å². The summed E-state index contributed by atoms with van der Waals surface area (Å²) in [5, 5.41) is 12.9. The molecule has 0 saturated carbocycles. The lowest BCUT2D eigenvalue weighted by Crippen LogP contribution is -2.58. The molecule has 0 aromatic heterocycles. The van der Waals surface area contributed by atoms with Crippen molar-refractivity contribution in [1.82, 2.24) is 5.32 Å². The molecule has 0 aromatic carbocycles. The lowest BCUT2D eigenvalue weighted by Gasteiger charge is -2.40. The summed E-state index contributed by atoms with van der Waals surface area (Å²) < 4.78 is 0. The van der Waals surface area contributed by atoms with Crippen molar-refractivity contribution in [2.45, 2.75) is 18.9 Å². The van der Waals surface area contributed by atoms with Crippen molar-refractivity contribution in [1.29, 1.82) is 0 Å². The zero-order valence-corrected chi connectivity index (χ0v) is 6.43. The summed E-state index contributed by atoms with van der Waals surface area (Å²) in [5.41, 5.74) is 4.84. The molecule has 3 nitrogen and oxygen atoms in total. The van der Waals surface area contributed by atoms with Crippen LogP contribution in [0.3, 0.4) is 0 Å². The summed E-state index contributed by atoms with van der Waals surface area (Å²) in [7, 11) is 0. The van der Waals surface area contributed by atoms with Gasteiger partial charge in [-0.25, -0.2) is 0 Å². The van der Waals surface area contributed by atoms with Gasteiger partial charge >= 0.3 is 0 Å². The Labute approximate surface area is 61.6 Å². The Morgan fingerprint density at radius 2 is 2.30 bits per heavy atom. The van der Waals surface area contributed by atoms with Gasteiger partial charge in [-0.3, -0.25) is 0 Å². The van der Waals surface area contributed by atoms with Gasteiger partial charge in [-0.1, -0.05) is 6.92 Å². The SMILES string of the molecule is CCC(O)(CN)C1CNC1. The molecule has 1 saturated heterocycles. The Balaban J connectivity index is 2.44. The van der Waals surface area contributed by atoms with Crippen molar-refractivity contribution in [2.75, 3.05) is 19.6 Å². The fourth-order valence-corrected chi connectivity index (χ4v) is 1.27. The molecule has 3 heteroatoms. The van der Waals surface area contributed by atoms with Crippen molar-refractivity contribution in [3.8, 4) is 0 Å². The monoisotopic (exact) mass is 144 g/mol. The van der Waals surface area contributed by atoms with Crippen molar-refractivity contribution in [3.05, 3.63) is 0 Å². The molecule has 1 aliphatic heterocycles. The average molecular weight is 144 g/mol. The van der Waals surface area contributed by atoms with Crippen molar-refractivity contribution < 1.29 is 5.11 Å². The lowest BCUT2D eigenvalue weighted by atomic mass is 9.81. The van der Waals surface area contributed by atoms with E-state index >= 15 is 0 Å². The first-order chi connectivity index (χ1) is 4.73. The minimum Gasteiger partial charge on any atom is -0.388 e. The molecule has 0 amide bonds. The quantitative estimate of drug-likeness (QED) is 0.491. The van der Waals surface area contributed by atoms with E-state index in [-0.39, 0.29) is 0 Å². The van der Waals surface area contributed by atoms with Gasteiger partial charge in [-0.2, -0.15) is 0 Å². The first kappa shape index (κ1) is 7.98. The van der Waals surface area contributed by atoms with Gasteiger partial charge in [0.25, 0.3) is 0 Å². The van der Waals surface area contributed by atoms with E-state index in [2.05, 4.69) is 5.32 Å². The van der Waals surface area contributed by atoms with E-state index in [0.29, 0.717) is 12.5 Å². The van der Waals surface area contributed by atoms with Gasteiger partial charge in [0.05, 0.1) is 5.60 Å². The highest BCUT2D eigenvalue weighted by atomic mass is 16.3. The summed E-state index contributed by atoms with van der Waals surface area (Å²) in [6.07, 6.45) is 0.760. The third-order valence-corrected chi connectivity index (χ3v) is 2.51. The molecule has 1 aliphatic rings. The maximum atomic E-state index is 9.78. The molecular weight excluding hydrogens is 128 g/mol. The predicted molar refractivity (Wildman–Crippen MR) is 40.7 cm³/mol. The number of nitrogens with two attached hydrogens (primary N) is 1. The number of hydrogen-bond acceptors (Lipinski definition) is 3. The van der Waals surface area contributed by atoms with Crippen LogP contribution < -0.4 is 11.1 Å². The van der Waals surface area contributed by atoms with Gasteiger partial charge in [-0.05, 0) is 6.42 Å². The molecule has 4 N–H and O–H groups in total. The van der Waals surface area contributed by atoms with E-state index in [1.165, 1.54) is 0 Å². The highest BCUT2D eigenvalue weighted by Crippen LogP contribution is 2.23. The van der Waals surface area contributed by atoms with Gasteiger partial charge in [0.2, 0.25) is 0 Å². The van der Waals surface area contributed by atoms with E-state index in [0.717, 1.165) is 19.5 Å². The van der Waals surface area contributed by atoms with Crippen molar-refractivity contribution in [3.63, 3.8) is 0 Å². The summed E-state index contributed by atoms with van der Waals surface area (Å²) in [6, 6.07) is 0. The molecule has 10 heavy (non-hydrogen) atoms. The third kappa shape index (κ3) is 1.17. The van der Waals surface area contributed by atoms with Crippen LogP contribution in [0.5, 0.6) is 0 Å². The fourth-order valence-electron chi connectivity index (χ4n) is 1.27. The fraction of sp³-hybridized carbons (Fsp3) is 1.00. The van der Waals surface area contributed by atoms with Crippen LogP contribution in [-0.2, 0) is 0 Å². The first-order valence-corrected chi connectivity index (χ1v) is 3.86. The maximum absolute atomic E-state index is 9.78. The van der Waals surface area contributed by atoms with Crippen LogP contribution in [0.25, 0.3) is 0 Å². The molecule has 1 heterocycles. The van der Waals surface area contributed by atoms with Crippen LogP contribution in [0, 0.1) is 5.92 Å². The van der Waals surface area contributed by atoms with Gasteiger partial charge in [0.1, 0.15) is 0 Å². The topological polar surface area (TPSA) is 58.3 Å². The maximum Gasteiger partial charge on any atom is 0.0819 e. The van der Waals surface area contributed by atoms with E-state index < -0.39 is 5.60 Å². The molecule has 0 aliphatic carbocycles. The Morgan fingerprint density at radius 1 is 1.70 bits per heavy atom. The van der Waals surface area contributed by atoms with Crippen LogP contribution >= 0.6 is 0 Å². The summed E-state index contributed by atoms with van der Waals surface area (Å²) in [5.74, 6) is 0.377. The minimum absolute atomic E-state index is 0.377. The molecule has 1 rings (SSSR count). The van der Waals surface area contributed by atoms with Gasteiger partial charge in [0.15, 0.2) is 0 Å². The second-order valence-electron chi connectivity index (χ2n) is 3.02. The zero-order valence-electron chi connectivity index (χ0n) is 6.43. The average Bonchev–Trinajstić information content (AvgIpc) is 1.84. The van der Waals surface area contributed by atoms with Gasteiger partial charge in [-0.15, -0.1) is 0 Å². The second-order valence-corrected chi connectivity index (χ2v) is 3.02. The smallest absolute Gasteiger partial charge is 0.0819 e. The minimum atomic E-state index is -0.606. The molecule has 0 aromatic rings. The summed E-state index contributed by atoms with van der Waals surface area (Å²) >= 11 is 0. The summed E-state index contributed by atoms with van der Waals surface area (Å²) in [6.45, 7) is 4.20. The Morgan fingerprint density at radius 3 is 2.40 bits per heavy atom. The Kier molecular flexibility index (Phi) is 2.28. The number of aliphatic hydroxyl groups is 1. The van der Waals surface area contributed by atoms with Gasteiger partial charge < -0.3 is 16.2 Å². The first-order valence-electron chi connectivity index (χ1n) is 3.86. The molecule has 0 radical (unpaired) electrons. The molecular formula is C7H16N2O. The third-order valence-electron chi connectivity index (χ3n) is 2.51. The largest absolute Gasteiger partial charge is 0.388 e. The number of rotatable bonds is 3. The molecule has 1 fully saturated rings. The highest BCUT2D eigenvalue weighted by molar-refractivity contribution is 4.93. The summed E-state index contributed by atoms with van der Waals surface area (Å²) in [4.78, 5) is 0. The number of nitrogens with one attached hydrogen (secondary N) is 1. The zero-order chi connectivity index (χ0) is 7.61. The van der Waals surface area contributed by atoms with Crippen LogP contribution in [0.2, 0.25) is 0 Å². The van der Waals surface area contributed by atoms with E-state index in [4.69, 9.17) is 5.73 Å². The van der Waals surface area contributed by atoms with E-state index in [1.807, 2.05) is 6.92 Å². The van der Waals surface area contributed by atoms with Crippen molar-refractivity contribution >= 4 is 0 Å². The highest BCUT2D eigenvalue weighted by Gasteiger charge is 2.37. The molecule has 0 spiro atoms. The van der Waals surface area contributed by atoms with Crippen LogP contribution in [0.4, 0.5) is 0 Å². The van der Waals surface area contributed by atoms with Crippen molar-refractivity contribution in [2.24, 2.45) is 11.7 Å². The lowest BCUT2D eigenvalue weighted by molar-refractivity contribution is -0.0341. The molecule has 1 unspecified atom stereocenters. The normalized spacial score (nSPS) is 25.5. The Hall–Kier alpha value is -0.120. The molecule has 0 bridgehead atoms.